The average Bonchev–Trinajstić information content (AvgIpc) is 2.58. The van der Waals surface area contributed by atoms with E-state index >= 15 is 0 Å². The molecule has 1 atom stereocenters. The number of rotatable bonds is 18. The number of hydrogen-bond acceptors (Lipinski definition) is 3. The number of unbranched alkanes of at least 4 members (excludes halogenated alkanes) is 14. The first-order valence-electron chi connectivity index (χ1n) is 10.5. The summed E-state index contributed by atoms with van der Waals surface area (Å²) in [6.45, 7) is 3.64. The molecule has 0 aliphatic carbocycles. The molecule has 152 valence electrons. The van der Waals surface area contributed by atoms with Crippen LogP contribution in [0.2, 0.25) is 0 Å². The number of carbonyl (C=O) groups excluding carboxylic acids is 1. The zero-order valence-electron chi connectivity index (χ0n) is 19.3. The van der Waals surface area contributed by atoms with Crippen LogP contribution in [0.3, 0.4) is 0 Å². The van der Waals surface area contributed by atoms with Crippen LogP contribution in [0, 0.1) is 0 Å². The topological polar surface area (TPSA) is 63.6 Å². The SMILES string of the molecule is CCCCCCCCCCCCCCCCCC(=O)OC(C)C(=O)O.[Ca+2].[H-].[H-]. The van der Waals surface area contributed by atoms with E-state index in [1.54, 1.807) is 0 Å². The van der Waals surface area contributed by atoms with E-state index in [9.17, 15) is 9.59 Å². The van der Waals surface area contributed by atoms with Gasteiger partial charge in [0, 0.05) is 6.42 Å². The third-order valence-corrected chi connectivity index (χ3v) is 4.64. The van der Waals surface area contributed by atoms with Gasteiger partial charge in [0.2, 0.25) is 0 Å². The van der Waals surface area contributed by atoms with Crippen LogP contribution in [-0.4, -0.2) is 60.9 Å². The van der Waals surface area contributed by atoms with E-state index < -0.39 is 18.0 Å². The molecular formula is C21H42CaO4. The Bertz CT molecular complexity index is 344. The van der Waals surface area contributed by atoms with E-state index in [0.29, 0.717) is 6.42 Å². The van der Waals surface area contributed by atoms with Crippen molar-refractivity contribution in [3.8, 4) is 0 Å². The molecule has 0 aliphatic heterocycles. The van der Waals surface area contributed by atoms with Crippen molar-refractivity contribution in [1.82, 2.24) is 0 Å². The van der Waals surface area contributed by atoms with Gasteiger partial charge >= 0.3 is 49.7 Å². The van der Waals surface area contributed by atoms with E-state index in [0.717, 1.165) is 19.3 Å². The van der Waals surface area contributed by atoms with Crippen molar-refractivity contribution in [3.05, 3.63) is 0 Å². The van der Waals surface area contributed by atoms with Crippen molar-refractivity contribution < 1.29 is 22.3 Å². The summed E-state index contributed by atoms with van der Waals surface area (Å²) in [5, 5.41) is 8.66. The minimum Gasteiger partial charge on any atom is -1.00 e. The Kier molecular flexibility index (Phi) is 23.5. The van der Waals surface area contributed by atoms with E-state index in [-0.39, 0.29) is 40.6 Å². The summed E-state index contributed by atoms with van der Waals surface area (Å²) in [6, 6.07) is 0. The van der Waals surface area contributed by atoms with Gasteiger partial charge in [-0.3, -0.25) is 4.79 Å². The molecule has 0 aliphatic rings. The van der Waals surface area contributed by atoms with Gasteiger partial charge in [-0.25, -0.2) is 4.79 Å². The number of hydrogen-bond donors (Lipinski definition) is 1. The van der Waals surface area contributed by atoms with Crippen LogP contribution in [0.4, 0.5) is 0 Å². The smallest absolute Gasteiger partial charge is 1.00 e. The predicted octanol–water partition coefficient (Wildman–Crippen LogP) is 6.11. The van der Waals surface area contributed by atoms with Crippen LogP contribution in [0.15, 0.2) is 0 Å². The summed E-state index contributed by atoms with van der Waals surface area (Å²) >= 11 is 0. The van der Waals surface area contributed by atoms with Gasteiger partial charge in [-0.2, -0.15) is 0 Å². The fourth-order valence-electron chi connectivity index (χ4n) is 2.95. The quantitative estimate of drug-likeness (QED) is 0.172. The van der Waals surface area contributed by atoms with Gasteiger partial charge in [0.1, 0.15) is 0 Å². The second kappa shape index (κ2) is 21.5. The van der Waals surface area contributed by atoms with E-state index in [1.165, 1.54) is 84.0 Å². The van der Waals surface area contributed by atoms with Gasteiger partial charge in [0.15, 0.2) is 6.10 Å². The summed E-state index contributed by atoms with van der Waals surface area (Å²) in [6.07, 6.45) is 18.6. The zero-order valence-corrected chi connectivity index (χ0v) is 19.5. The molecular weight excluding hydrogens is 356 g/mol. The monoisotopic (exact) mass is 398 g/mol. The van der Waals surface area contributed by atoms with Gasteiger partial charge in [-0.05, 0) is 13.3 Å². The Balaban J connectivity index is -0.000000960. The molecule has 0 rings (SSSR count). The molecule has 4 nitrogen and oxygen atoms in total. The van der Waals surface area contributed by atoms with Gasteiger partial charge in [0.25, 0.3) is 0 Å². The molecule has 0 heterocycles. The number of aliphatic carboxylic acids is 1. The van der Waals surface area contributed by atoms with Crippen LogP contribution in [-0.2, 0) is 14.3 Å². The zero-order chi connectivity index (χ0) is 18.8. The molecule has 26 heavy (non-hydrogen) atoms. The minimum atomic E-state index is -1.09. The largest absolute Gasteiger partial charge is 2.00 e. The number of carboxylic acids is 1. The molecule has 0 aromatic heterocycles. The molecule has 0 radical (unpaired) electrons. The van der Waals surface area contributed by atoms with Gasteiger partial charge in [-0.1, -0.05) is 96.8 Å². The second-order valence-corrected chi connectivity index (χ2v) is 7.17. The van der Waals surface area contributed by atoms with Gasteiger partial charge < -0.3 is 12.7 Å². The standard InChI is InChI=1S/C21H40O4.Ca.2H/c1-3-4-5-6-7-8-9-10-11-12-13-14-15-16-17-18-20(22)25-19(2)21(23)24;;;/h19H,3-18H2,1-2H3,(H,23,24);;;/q;+2;2*-1. The van der Waals surface area contributed by atoms with Crippen LogP contribution in [0.1, 0.15) is 119 Å². The molecule has 5 heteroatoms. The third kappa shape index (κ3) is 20.5. The van der Waals surface area contributed by atoms with Crippen molar-refractivity contribution in [2.75, 3.05) is 0 Å². The van der Waals surface area contributed by atoms with Crippen LogP contribution in [0.25, 0.3) is 0 Å². The number of esters is 1. The fraction of sp³-hybridized carbons (Fsp3) is 0.905. The molecule has 1 unspecified atom stereocenters. The first-order chi connectivity index (χ1) is 12.1. The molecule has 0 bridgehead atoms. The molecule has 0 fully saturated rings. The second-order valence-electron chi connectivity index (χ2n) is 7.17. The minimum absolute atomic E-state index is 0. The van der Waals surface area contributed by atoms with Gasteiger partial charge in [0.05, 0.1) is 0 Å². The van der Waals surface area contributed by atoms with Crippen molar-refractivity contribution in [2.24, 2.45) is 0 Å². The molecule has 0 amide bonds. The van der Waals surface area contributed by atoms with Crippen molar-refractivity contribution in [2.45, 2.75) is 123 Å². The number of ether oxygens (including phenoxy) is 1. The van der Waals surface area contributed by atoms with Crippen LogP contribution >= 0.6 is 0 Å². The number of carboxylic acid groups (broad SMARTS) is 1. The van der Waals surface area contributed by atoms with Crippen molar-refractivity contribution in [3.63, 3.8) is 0 Å². The molecule has 0 saturated carbocycles. The Morgan fingerprint density at radius 1 is 0.769 bits per heavy atom. The van der Waals surface area contributed by atoms with Crippen molar-refractivity contribution in [1.29, 1.82) is 0 Å². The summed E-state index contributed by atoms with van der Waals surface area (Å²) in [5.41, 5.74) is 0. The molecule has 1 N–H and O–H groups in total. The van der Waals surface area contributed by atoms with E-state index in [4.69, 9.17) is 9.84 Å². The fourth-order valence-corrected chi connectivity index (χ4v) is 2.95. The Morgan fingerprint density at radius 2 is 1.12 bits per heavy atom. The summed E-state index contributed by atoms with van der Waals surface area (Å²) in [5.74, 6) is -1.49. The first kappa shape index (κ1) is 28.4. The van der Waals surface area contributed by atoms with Crippen LogP contribution < -0.4 is 0 Å². The maximum Gasteiger partial charge on any atom is 2.00 e. The Morgan fingerprint density at radius 3 is 1.46 bits per heavy atom. The summed E-state index contributed by atoms with van der Waals surface area (Å²) in [7, 11) is 0. The molecule has 0 saturated heterocycles. The van der Waals surface area contributed by atoms with Gasteiger partial charge in [-0.15, -0.1) is 0 Å². The maximum absolute atomic E-state index is 11.4. The molecule has 0 aromatic rings. The van der Waals surface area contributed by atoms with Crippen molar-refractivity contribution >= 4 is 49.7 Å². The summed E-state index contributed by atoms with van der Waals surface area (Å²) in [4.78, 5) is 22.0. The van der Waals surface area contributed by atoms with E-state index in [2.05, 4.69) is 6.92 Å². The maximum atomic E-state index is 11.4. The predicted molar refractivity (Wildman–Crippen MR) is 111 cm³/mol. The number of carbonyl (C=O) groups is 2. The normalized spacial score (nSPS) is 11.6. The molecule has 0 aromatic carbocycles. The molecule has 0 spiro atoms. The Hall–Kier alpha value is 0.200. The first-order valence-corrected chi connectivity index (χ1v) is 10.5. The third-order valence-electron chi connectivity index (χ3n) is 4.64. The average molecular weight is 399 g/mol. The Labute approximate surface area is 193 Å². The summed E-state index contributed by atoms with van der Waals surface area (Å²) < 4.78 is 4.79. The van der Waals surface area contributed by atoms with E-state index in [1.807, 2.05) is 0 Å². The van der Waals surface area contributed by atoms with Crippen LogP contribution in [0.5, 0.6) is 0 Å².